The predicted octanol–water partition coefficient (Wildman–Crippen LogP) is 3.47. The zero-order valence-electron chi connectivity index (χ0n) is 11.2. The Bertz CT molecular complexity index is 425. The molecule has 0 heterocycles. The summed E-state index contributed by atoms with van der Waals surface area (Å²) in [6.45, 7) is 3.37. The maximum atomic E-state index is 13.5. The van der Waals surface area contributed by atoms with E-state index in [0.717, 1.165) is 0 Å². The number of alkyl halides is 4. The molecule has 0 radical (unpaired) electrons. The number of rotatable bonds is 5. The van der Waals surface area contributed by atoms with Crippen molar-refractivity contribution in [2.75, 3.05) is 14.2 Å². The van der Waals surface area contributed by atoms with E-state index in [1.807, 2.05) is 0 Å². The molecule has 0 saturated heterocycles. The fourth-order valence-electron chi connectivity index (χ4n) is 2.18. The minimum Gasteiger partial charge on any atom is -0.496 e. The number of aryl methyl sites for hydroxylation is 2. The van der Waals surface area contributed by atoms with Gasteiger partial charge in [0, 0.05) is 0 Å². The molecule has 0 saturated carbocycles. The quantitative estimate of drug-likeness (QED) is 0.833. The van der Waals surface area contributed by atoms with Gasteiger partial charge in [-0.05, 0) is 37.6 Å². The standard InChI is InChI=1S/C13H17F4NO/c1-7-5-9(6-8(2)10(7)19-4)11(18-3)13(16,17)12(14)15/h5-6,11-12,18H,1-4H3. The van der Waals surface area contributed by atoms with Crippen molar-refractivity contribution < 1.29 is 22.3 Å². The SMILES string of the molecule is CNC(c1cc(C)c(OC)c(C)c1)C(F)(F)C(F)F. The lowest BCUT2D eigenvalue weighted by Crippen LogP contribution is -2.41. The second kappa shape index (κ2) is 5.77. The molecule has 0 aliphatic carbocycles. The van der Waals surface area contributed by atoms with Crippen molar-refractivity contribution >= 4 is 0 Å². The van der Waals surface area contributed by atoms with Crippen LogP contribution in [0.5, 0.6) is 5.75 Å². The molecule has 0 amide bonds. The van der Waals surface area contributed by atoms with Crippen molar-refractivity contribution in [2.24, 2.45) is 0 Å². The number of ether oxygens (including phenoxy) is 1. The van der Waals surface area contributed by atoms with Gasteiger partial charge in [-0.25, -0.2) is 8.78 Å². The molecule has 0 bridgehead atoms. The smallest absolute Gasteiger partial charge is 0.326 e. The van der Waals surface area contributed by atoms with E-state index in [1.54, 1.807) is 13.8 Å². The molecule has 0 aliphatic heterocycles. The molecule has 19 heavy (non-hydrogen) atoms. The van der Waals surface area contributed by atoms with E-state index in [1.165, 1.54) is 26.3 Å². The van der Waals surface area contributed by atoms with E-state index in [4.69, 9.17) is 4.74 Å². The summed E-state index contributed by atoms with van der Waals surface area (Å²) in [7, 11) is 2.70. The Balaban J connectivity index is 3.28. The lowest BCUT2D eigenvalue weighted by Gasteiger charge is -2.27. The van der Waals surface area contributed by atoms with Gasteiger partial charge in [0.1, 0.15) is 11.8 Å². The summed E-state index contributed by atoms with van der Waals surface area (Å²) in [5, 5.41) is 2.26. The van der Waals surface area contributed by atoms with Crippen LogP contribution in [-0.2, 0) is 0 Å². The summed E-state index contributed by atoms with van der Waals surface area (Å²) in [6, 6.07) is 1.13. The maximum Gasteiger partial charge on any atom is 0.326 e. The molecule has 1 atom stereocenters. The number of nitrogens with one attached hydrogen (secondary N) is 1. The van der Waals surface area contributed by atoms with Crippen molar-refractivity contribution in [2.45, 2.75) is 32.2 Å². The van der Waals surface area contributed by atoms with Crippen LogP contribution in [0.15, 0.2) is 12.1 Å². The van der Waals surface area contributed by atoms with Gasteiger partial charge < -0.3 is 10.1 Å². The lowest BCUT2D eigenvalue weighted by atomic mass is 9.96. The highest BCUT2D eigenvalue weighted by Crippen LogP contribution is 2.38. The summed E-state index contributed by atoms with van der Waals surface area (Å²) in [6.07, 6.45) is -3.73. The number of hydrogen-bond acceptors (Lipinski definition) is 2. The zero-order chi connectivity index (χ0) is 14.8. The molecule has 108 valence electrons. The van der Waals surface area contributed by atoms with E-state index in [2.05, 4.69) is 5.32 Å². The van der Waals surface area contributed by atoms with Crippen LogP contribution in [0.2, 0.25) is 0 Å². The highest BCUT2D eigenvalue weighted by molar-refractivity contribution is 5.44. The van der Waals surface area contributed by atoms with Crippen LogP contribution in [0.3, 0.4) is 0 Å². The van der Waals surface area contributed by atoms with Gasteiger partial charge in [-0.2, -0.15) is 8.78 Å². The van der Waals surface area contributed by atoms with E-state index in [0.29, 0.717) is 16.9 Å². The van der Waals surface area contributed by atoms with Crippen LogP contribution < -0.4 is 10.1 Å². The lowest BCUT2D eigenvalue weighted by molar-refractivity contribution is -0.150. The van der Waals surface area contributed by atoms with Crippen molar-refractivity contribution in [3.63, 3.8) is 0 Å². The van der Waals surface area contributed by atoms with Gasteiger partial charge in [-0.3, -0.25) is 0 Å². The second-order valence-electron chi connectivity index (χ2n) is 4.38. The van der Waals surface area contributed by atoms with Crippen LogP contribution in [0.1, 0.15) is 22.7 Å². The van der Waals surface area contributed by atoms with Crippen LogP contribution in [0.4, 0.5) is 17.6 Å². The largest absolute Gasteiger partial charge is 0.496 e. The van der Waals surface area contributed by atoms with Crippen LogP contribution in [-0.4, -0.2) is 26.5 Å². The number of hydrogen-bond donors (Lipinski definition) is 1. The van der Waals surface area contributed by atoms with Gasteiger partial charge in [-0.1, -0.05) is 12.1 Å². The van der Waals surface area contributed by atoms with Gasteiger partial charge >= 0.3 is 12.3 Å². The Hall–Kier alpha value is -1.30. The number of halogens is 4. The second-order valence-corrected chi connectivity index (χ2v) is 4.38. The molecular formula is C13H17F4NO. The highest BCUT2D eigenvalue weighted by Gasteiger charge is 2.48. The first-order chi connectivity index (χ1) is 8.75. The Morgan fingerprint density at radius 2 is 1.63 bits per heavy atom. The monoisotopic (exact) mass is 279 g/mol. The molecular weight excluding hydrogens is 262 g/mol. The van der Waals surface area contributed by atoms with E-state index < -0.39 is 18.4 Å². The van der Waals surface area contributed by atoms with Gasteiger partial charge in [-0.15, -0.1) is 0 Å². The first-order valence-corrected chi connectivity index (χ1v) is 5.74. The fourth-order valence-corrected chi connectivity index (χ4v) is 2.18. The third-order valence-corrected chi connectivity index (χ3v) is 2.98. The summed E-state index contributed by atoms with van der Waals surface area (Å²) >= 11 is 0. The van der Waals surface area contributed by atoms with Crippen molar-refractivity contribution in [3.8, 4) is 5.75 Å². The summed E-state index contributed by atoms with van der Waals surface area (Å²) in [5.74, 6) is -3.57. The van der Waals surface area contributed by atoms with Gasteiger partial charge in [0.15, 0.2) is 0 Å². The van der Waals surface area contributed by atoms with Crippen LogP contribution in [0.25, 0.3) is 0 Å². The zero-order valence-corrected chi connectivity index (χ0v) is 11.2. The fraction of sp³-hybridized carbons (Fsp3) is 0.538. The molecule has 1 aromatic rings. The van der Waals surface area contributed by atoms with Gasteiger partial charge in [0.05, 0.1) is 7.11 Å². The molecule has 6 heteroatoms. The Labute approximate surface area is 109 Å². The molecule has 0 fully saturated rings. The normalized spacial score (nSPS) is 13.7. The van der Waals surface area contributed by atoms with Gasteiger partial charge in [0.25, 0.3) is 0 Å². The first kappa shape index (κ1) is 15.8. The molecule has 1 N–H and O–H groups in total. The summed E-state index contributed by atoms with van der Waals surface area (Å²) in [4.78, 5) is 0. The van der Waals surface area contributed by atoms with Crippen molar-refractivity contribution in [1.82, 2.24) is 5.32 Å². The third kappa shape index (κ3) is 3.00. The molecule has 0 aromatic heterocycles. The minimum absolute atomic E-state index is 0.114. The molecule has 2 nitrogen and oxygen atoms in total. The predicted molar refractivity (Wildman–Crippen MR) is 65.2 cm³/mol. The van der Waals surface area contributed by atoms with Crippen LogP contribution in [0, 0.1) is 13.8 Å². The minimum atomic E-state index is -4.14. The Kier molecular flexibility index (Phi) is 4.79. The summed E-state index contributed by atoms with van der Waals surface area (Å²) in [5.41, 5.74) is 1.37. The van der Waals surface area contributed by atoms with E-state index >= 15 is 0 Å². The summed E-state index contributed by atoms with van der Waals surface area (Å²) < 4.78 is 57.1. The topological polar surface area (TPSA) is 21.3 Å². The Morgan fingerprint density at radius 3 is 1.95 bits per heavy atom. The molecule has 0 aliphatic rings. The van der Waals surface area contributed by atoms with Crippen molar-refractivity contribution in [1.29, 1.82) is 0 Å². The average Bonchev–Trinajstić information content (AvgIpc) is 2.28. The average molecular weight is 279 g/mol. The Morgan fingerprint density at radius 1 is 1.16 bits per heavy atom. The number of methoxy groups -OCH3 is 1. The molecule has 1 aromatic carbocycles. The molecule has 0 spiro atoms. The highest BCUT2D eigenvalue weighted by atomic mass is 19.3. The molecule has 1 rings (SSSR count). The van der Waals surface area contributed by atoms with Gasteiger partial charge in [0.2, 0.25) is 0 Å². The van der Waals surface area contributed by atoms with E-state index in [9.17, 15) is 17.6 Å². The molecule has 1 unspecified atom stereocenters. The van der Waals surface area contributed by atoms with E-state index in [-0.39, 0.29) is 5.56 Å². The van der Waals surface area contributed by atoms with Crippen LogP contribution >= 0.6 is 0 Å². The number of benzene rings is 1. The van der Waals surface area contributed by atoms with Crippen molar-refractivity contribution in [3.05, 3.63) is 28.8 Å². The third-order valence-electron chi connectivity index (χ3n) is 2.98. The maximum absolute atomic E-state index is 13.5. The first-order valence-electron chi connectivity index (χ1n) is 5.74.